The lowest BCUT2D eigenvalue weighted by Crippen LogP contribution is -2.23. The van der Waals surface area contributed by atoms with E-state index in [4.69, 9.17) is 5.73 Å². The largest absolute Gasteiger partial charge is 0.399 e. The number of hydrogen-bond donors (Lipinski definition) is 1. The lowest BCUT2D eigenvalue weighted by molar-refractivity contribution is 0.616. The first kappa shape index (κ1) is 15.1. The lowest BCUT2D eigenvalue weighted by atomic mass is 10.1. The summed E-state index contributed by atoms with van der Waals surface area (Å²) in [5, 5.41) is 0. The Morgan fingerprint density at radius 1 is 0.739 bits per heavy atom. The molecule has 0 unspecified atom stereocenters. The van der Waals surface area contributed by atoms with Crippen molar-refractivity contribution in [2.45, 2.75) is 13.1 Å². The summed E-state index contributed by atoms with van der Waals surface area (Å²) in [5.41, 5.74) is 8.95. The summed E-state index contributed by atoms with van der Waals surface area (Å²) in [6.07, 6.45) is 0. The van der Waals surface area contributed by atoms with Crippen LogP contribution in [0, 0.1) is 5.82 Å². The van der Waals surface area contributed by atoms with Gasteiger partial charge in [-0.15, -0.1) is 0 Å². The van der Waals surface area contributed by atoms with Gasteiger partial charge in [0.05, 0.1) is 5.69 Å². The van der Waals surface area contributed by atoms with Gasteiger partial charge in [-0.2, -0.15) is 0 Å². The summed E-state index contributed by atoms with van der Waals surface area (Å²) < 4.78 is 14.4. The predicted molar refractivity (Wildman–Crippen MR) is 93.6 cm³/mol. The number of hydrogen-bond acceptors (Lipinski definition) is 2. The molecule has 23 heavy (non-hydrogen) atoms. The first-order valence-electron chi connectivity index (χ1n) is 7.60. The summed E-state index contributed by atoms with van der Waals surface area (Å²) >= 11 is 0. The van der Waals surface area contributed by atoms with Crippen LogP contribution >= 0.6 is 0 Å². The Morgan fingerprint density at radius 3 is 1.74 bits per heavy atom. The van der Waals surface area contributed by atoms with Gasteiger partial charge < -0.3 is 10.6 Å². The maximum Gasteiger partial charge on any atom is 0.148 e. The van der Waals surface area contributed by atoms with Crippen LogP contribution in [0.2, 0.25) is 0 Å². The van der Waals surface area contributed by atoms with E-state index in [2.05, 4.69) is 0 Å². The van der Waals surface area contributed by atoms with Crippen LogP contribution in [0.4, 0.5) is 15.8 Å². The van der Waals surface area contributed by atoms with Crippen LogP contribution in [0.5, 0.6) is 0 Å². The molecule has 3 aromatic rings. The molecule has 2 nitrogen and oxygen atoms in total. The van der Waals surface area contributed by atoms with Crippen LogP contribution in [-0.2, 0) is 13.1 Å². The molecular formula is C20H19FN2. The molecule has 0 aromatic heterocycles. The second-order valence-corrected chi connectivity index (χ2v) is 5.54. The van der Waals surface area contributed by atoms with Crippen molar-refractivity contribution in [1.82, 2.24) is 0 Å². The molecule has 0 heterocycles. The van der Waals surface area contributed by atoms with Crippen molar-refractivity contribution in [3.8, 4) is 0 Å². The summed E-state index contributed by atoms with van der Waals surface area (Å²) in [7, 11) is 0. The van der Waals surface area contributed by atoms with Gasteiger partial charge in [0.15, 0.2) is 0 Å². The Morgan fingerprint density at radius 2 is 1.26 bits per heavy atom. The number of anilines is 2. The van der Waals surface area contributed by atoms with Gasteiger partial charge in [-0.1, -0.05) is 60.7 Å². The van der Waals surface area contributed by atoms with E-state index in [-0.39, 0.29) is 5.82 Å². The van der Waals surface area contributed by atoms with E-state index < -0.39 is 0 Å². The molecule has 0 saturated heterocycles. The van der Waals surface area contributed by atoms with Gasteiger partial charge in [0, 0.05) is 18.8 Å². The van der Waals surface area contributed by atoms with Gasteiger partial charge in [0.2, 0.25) is 0 Å². The van der Waals surface area contributed by atoms with E-state index in [1.54, 1.807) is 12.1 Å². The molecule has 0 aliphatic heterocycles. The Labute approximate surface area is 136 Å². The molecule has 0 aliphatic carbocycles. The molecule has 116 valence electrons. The number of nitrogen functional groups attached to an aromatic ring is 1. The Hall–Kier alpha value is -2.81. The number of nitrogens with two attached hydrogens (primary N) is 1. The molecule has 0 spiro atoms. The summed E-state index contributed by atoms with van der Waals surface area (Å²) in [5.74, 6) is -0.295. The minimum Gasteiger partial charge on any atom is -0.399 e. The third kappa shape index (κ3) is 3.89. The van der Waals surface area contributed by atoms with Crippen LogP contribution < -0.4 is 10.6 Å². The minimum atomic E-state index is -0.295. The van der Waals surface area contributed by atoms with E-state index in [0.29, 0.717) is 24.5 Å². The van der Waals surface area contributed by atoms with Gasteiger partial charge >= 0.3 is 0 Å². The molecular weight excluding hydrogens is 287 g/mol. The van der Waals surface area contributed by atoms with Crippen molar-refractivity contribution in [2.24, 2.45) is 0 Å². The second-order valence-electron chi connectivity index (χ2n) is 5.54. The topological polar surface area (TPSA) is 29.3 Å². The maximum absolute atomic E-state index is 14.4. The van der Waals surface area contributed by atoms with Gasteiger partial charge in [-0.25, -0.2) is 4.39 Å². The average Bonchev–Trinajstić information content (AvgIpc) is 2.56. The molecule has 2 N–H and O–H groups in total. The standard InChI is InChI=1S/C20H19FN2/c21-19-13-18(22)11-12-20(19)23(14-16-7-3-1-4-8-16)15-17-9-5-2-6-10-17/h1-13H,14-15,22H2. The highest BCUT2D eigenvalue weighted by Gasteiger charge is 2.13. The highest BCUT2D eigenvalue weighted by atomic mass is 19.1. The van der Waals surface area contributed by atoms with E-state index in [9.17, 15) is 4.39 Å². The summed E-state index contributed by atoms with van der Waals surface area (Å²) in [6.45, 7) is 1.27. The van der Waals surface area contributed by atoms with Gasteiger partial charge in [-0.3, -0.25) is 0 Å². The highest BCUT2D eigenvalue weighted by Crippen LogP contribution is 2.25. The Bertz CT molecular complexity index is 716. The van der Waals surface area contributed by atoms with E-state index in [1.807, 2.05) is 65.6 Å². The minimum absolute atomic E-state index is 0.295. The Kier molecular flexibility index (Phi) is 4.57. The molecule has 0 atom stereocenters. The van der Waals surface area contributed by atoms with Crippen molar-refractivity contribution in [3.05, 3.63) is 95.8 Å². The zero-order valence-corrected chi connectivity index (χ0v) is 12.8. The number of benzene rings is 3. The van der Waals surface area contributed by atoms with Gasteiger partial charge in [-0.05, 0) is 29.3 Å². The zero-order chi connectivity index (χ0) is 16.1. The van der Waals surface area contributed by atoms with Gasteiger partial charge in [0.25, 0.3) is 0 Å². The first-order valence-corrected chi connectivity index (χ1v) is 7.60. The van der Waals surface area contributed by atoms with Crippen molar-refractivity contribution in [2.75, 3.05) is 10.6 Å². The van der Waals surface area contributed by atoms with Crippen molar-refractivity contribution >= 4 is 11.4 Å². The van der Waals surface area contributed by atoms with Crippen molar-refractivity contribution in [3.63, 3.8) is 0 Å². The zero-order valence-electron chi connectivity index (χ0n) is 12.8. The summed E-state index contributed by atoms with van der Waals surface area (Å²) in [6, 6.07) is 25.0. The number of halogens is 1. The van der Waals surface area contributed by atoms with Crippen LogP contribution in [0.25, 0.3) is 0 Å². The molecule has 0 radical (unpaired) electrons. The monoisotopic (exact) mass is 306 g/mol. The van der Waals surface area contributed by atoms with Crippen LogP contribution in [0.15, 0.2) is 78.9 Å². The number of nitrogens with zero attached hydrogens (tertiary/aromatic N) is 1. The number of rotatable bonds is 5. The molecule has 0 fully saturated rings. The lowest BCUT2D eigenvalue weighted by Gasteiger charge is -2.26. The fourth-order valence-corrected chi connectivity index (χ4v) is 2.61. The fourth-order valence-electron chi connectivity index (χ4n) is 2.61. The third-order valence-electron chi connectivity index (χ3n) is 3.74. The maximum atomic E-state index is 14.4. The second kappa shape index (κ2) is 6.97. The fraction of sp³-hybridized carbons (Fsp3) is 0.100. The van der Waals surface area contributed by atoms with E-state index >= 15 is 0 Å². The van der Waals surface area contributed by atoms with Crippen LogP contribution in [0.3, 0.4) is 0 Å². The predicted octanol–water partition coefficient (Wildman–Crippen LogP) is 4.61. The average molecular weight is 306 g/mol. The van der Waals surface area contributed by atoms with Gasteiger partial charge in [0.1, 0.15) is 5.82 Å². The summed E-state index contributed by atoms with van der Waals surface area (Å²) in [4.78, 5) is 2.03. The molecule has 3 aromatic carbocycles. The van der Waals surface area contributed by atoms with Crippen LogP contribution in [-0.4, -0.2) is 0 Å². The SMILES string of the molecule is Nc1ccc(N(Cc2ccccc2)Cc2ccccc2)c(F)c1. The molecule has 0 aliphatic rings. The third-order valence-corrected chi connectivity index (χ3v) is 3.74. The highest BCUT2D eigenvalue weighted by molar-refractivity contribution is 5.55. The molecule has 0 bridgehead atoms. The van der Waals surface area contributed by atoms with Crippen molar-refractivity contribution in [1.29, 1.82) is 0 Å². The van der Waals surface area contributed by atoms with E-state index in [0.717, 1.165) is 11.1 Å². The molecule has 3 heteroatoms. The Balaban J connectivity index is 1.92. The smallest absolute Gasteiger partial charge is 0.148 e. The first-order chi connectivity index (χ1) is 11.2. The molecule has 0 amide bonds. The normalized spacial score (nSPS) is 10.5. The van der Waals surface area contributed by atoms with Crippen molar-refractivity contribution < 1.29 is 4.39 Å². The van der Waals surface area contributed by atoms with E-state index in [1.165, 1.54) is 6.07 Å². The molecule has 0 saturated carbocycles. The molecule has 3 rings (SSSR count). The quantitative estimate of drug-likeness (QED) is 0.697. The van der Waals surface area contributed by atoms with Crippen LogP contribution in [0.1, 0.15) is 11.1 Å².